The molecule has 0 aliphatic rings. The number of nitrogens with zero attached hydrogens (tertiary/aromatic N) is 1. The summed E-state index contributed by atoms with van der Waals surface area (Å²) >= 11 is 0. The van der Waals surface area contributed by atoms with Crippen molar-refractivity contribution in [1.82, 2.24) is 4.98 Å². The fourth-order valence-electron chi connectivity index (χ4n) is 1.26. The maximum Gasteiger partial charge on any atom is 0.147 e. The van der Waals surface area contributed by atoms with Crippen LogP contribution in [0.15, 0.2) is 42.5 Å². The summed E-state index contributed by atoms with van der Waals surface area (Å²) in [6, 6.07) is 13.5. The molecule has 1 heterocycles. The smallest absolute Gasteiger partial charge is 0.147 e. The Morgan fingerprint density at radius 3 is 2.21 bits per heavy atom. The Morgan fingerprint density at radius 2 is 1.57 bits per heavy atom. The third kappa shape index (κ3) is 1.52. The van der Waals surface area contributed by atoms with E-state index in [2.05, 4.69) is 4.98 Å². The number of hydrogen-bond acceptors (Lipinski definition) is 3. The van der Waals surface area contributed by atoms with Crippen LogP contribution < -0.4 is 11.5 Å². The highest BCUT2D eigenvalue weighted by atomic mass is 14.9. The third-order valence-corrected chi connectivity index (χ3v) is 2.03. The molecule has 4 N–H and O–H groups in total. The predicted molar refractivity (Wildman–Crippen MR) is 58.5 cm³/mol. The molecular weight excluding hydrogens is 174 g/mol. The van der Waals surface area contributed by atoms with E-state index in [1.54, 1.807) is 6.07 Å². The van der Waals surface area contributed by atoms with E-state index in [1.165, 1.54) is 0 Å². The van der Waals surface area contributed by atoms with Crippen LogP contribution in [0.4, 0.5) is 11.5 Å². The number of rotatable bonds is 1. The number of pyridine rings is 1. The molecule has 0 saturated carbocycles. The van der Waals surface area contributed by atoms with Gasteiger partial charge >= 0.3 is 0 Å². The van der Waals surface area contributed by atoms with E-state index < -0.39 is 0 Å². The zero-order chi connectivity index (χ0) is 9.97. The van der Waals surface area contributed by atoms with Crippen molar-refractivity contribution in [2.24, 2.45) is 0 Å². The number of hydrogen-bond donors (Lipinski definition) is 2. The van der Waals surface area contributed by atoms with E-state index in [0.717, 1.165) is 11.3 Å². The first kappa shape index (κ1) is 8.56. The predicted octanol–water partition coefficient (Wildman–Crippen LogP) is 1.91. The van der Waals surface area contributed by atoms with Gasteiger partial charge in [-0.05, 0) is 12.1 Å². The van der Waals surface area contributed by atoms with Gasteiger partial charge in [0, 0.05) is 5.56 Å². The summed E-state index contributed by atoms with van der Waals surface area (Å²) in [7, 11) is 0. The summed E-state index contributed by atoms with van der Waals surface area (Å²) in [5.41, 5.74) is 13.6. The van der Waals surface area contributed by atoms with Gasteiger partial charge in [0.05, 0.1) is 11.4 Å². The summed E-state index contributed by atoms with van der Waals surface area (Å²) in [6.45, 7) is 0. The van der Waals surface area contributed by atoms with E-state index in [1.807, 2.05) is 36.4 Å². The van der Waals surface area contributed by atoms with Gasteiger partial charge in [-0.3, -0.25) is 0 Å². The second-order valence-electron chi connectivity index (χ2n) is 3.04. The molecule has 1 aromatic heterocycles. The third-order valence-electron chi connectivity index (χ3n) is 2.03. The molecule has 0 unspecified atom stereocenters. The largest absolute Gasteiger partial charge is 0.396 e. The van der Waals surface area contributed by atoms with Crippen LogP contribution in [-0.2, 0) is 0 Å². The Morgan fingerprint density at radius 1 is 0.857 bits per heavy atom. The molecule has 1 aromatic carbocycles. The van der Waals surface area contributed by atoms with Crippen molar-refractivity contribution in [3.63, 3.8) is 0 Å². The van der Waals surface area contributed by atoms with Crippen molar-refractivity contribution in [2.45, 2.75) is 0 Å². The quantitative estimate of drug-likeness (QED) is 0.713. The molecule has 0 amide bonds. The van der Waals surface area contributed by atoms with E-state index in [4.69, 9.17) is 11.5 Å². The maximum atomic E-state index is 5.62. The van der Waals surface area contributed by atoms with Crippen molar-refractivity contribution >= 4 is 11.5 Å². The summed E-state index contributed by atoms with van der Waals surface area (Å²) < 4.78 is 0. The molecule has 14 heavy (non-hydrogen) atoms. The van der Waals surface area contributed by atoms with Gasteiger partial charge in [-0.1, -0.05) is 30.3 Å². The van der Waals surface area contributed by atoms with Crippen molar-refractivity contribution in [3.8, 4) is 11.3 Å². The molecule has 0 saturated heterocycles. The lowest BCUT2D eigenvalue weighted by molar-refractivity contribution is 1.34. The second kappa shape index (κ2) is 3.38. The molecule has 0 aliphatic carbocycles. The van der Waals surface area contributed by atoms with Gasteiger partial charge in [0.15, 0.2) is 0 Å². The van der Waals surface area contributed by atoms with Gasteiger partial charge in [-0.15, -0.1) is 0 Å². The average molecular weight is 185 g/mol. The Hall–Kier alpha value is -2.03. The summed E-state index contributed by atoms with van der Waals surface area (Å²) in [6.07, 6.45) is 0. The average Bonchev–Trinajstić information content (AvgIpc) is 2.23. The minimum Gasteiger partial charge on any atom is -0.396 e. The maximum absolute atomic E-state index is 5.62. The van der Waals surface area contributed by atoms with Gasteiger partial charge in [-0.2, -0.15) is 0 Å². The highest BCUT2D eigenvalue weighted by Crippen LogP contribution is 2.20. The lowest BCUT2D eigenvalue weighted by Gasteiger charge is -2.03. The summed E-state index contributed by atoms with van der Waals surface area (Å²) in [4.78, 5) is 4.20. The standard InChI is InChI=1S/C11H11N3/c12-9-6-7-10(14-11(9)13)8-4-2-1-3-5-8/h1-7H,12H2,(H2,13,14). The van der Waals surface area contributed by atoms with Crippen LogP contribution in [0, 0.1) is 0 Å². The Labute approximate surface area is 82.4 Å². The summed E-state index contributed by atoms with van der Waals surface area (Å²) in [5.74, 6) is 0.381. The first-order valence-electron chi connectivity index (χ1n) is 4.35. The number of aromatic nitrogens is 1. The van der Waals surface area contributed by atoms with E-state index in [9.17, 15) is 0 Å². The van der Waals surface area contributed by atoms with Crippen LogP contribution in [0.3, 0.4) is 0 Å². The fourth-order valence-corrected chi connectivity index (χ4v) is 1.26. The summed E-state index contributed by atoms with van der Waals surface area (Å²) in [5, 5.41) is 0. The van der Waals surface area contributed by atoms with Crippen molar-refractivity contribution < 1.29 is 0 Å². The molecule has 3 heteroatoms. The monoisotopic (exact) mass is 185 g/mol. The van der Waals surface area contributed by atoms with Crippen LogP contribution in [0.1, 0.15) is 0 Å². The van der Waals surface area contributed by atoms with Crippen molar-refractivity contribution in [2.75, 3.05) is 11.5 Å². The van der Waals surface area contributed by atoms with Crippen LogP contribution in [0.5, 0.6) is 0 Å². The minimum absolute atomic E-state index is 0.381. The Balaban J connectivity index is 2.48. The first-order valence-corrected chi connectivity index (χ1v) is 4.35. The molecule has 0 aliphatic heterocycles. The topological polar surface area (TPSA) is 64.9 Å². The molecule has 0 bridgehead atoms. The molecule has 0 spiro atoms. The highest BCUT2D eigenvalue weighted by Gasteiger charge is 2.00. The van der Waals surface area contributed by atoms with Gasteiger partial charge in [-0.25, -0.2) is 4.98 Å². The van der Waals surface area contributed by atoms with Crippen LogP contribution in [-0.4, -0.2) is 4.98 Å². The van der Waals surface area contributed by atoms with E-state index in [0.29, 0.717) is 11.5 Å². The molecule has 2 rings (SSSR count). The van der Waals surface area contributed by atoms with Gasteiger partial charge in [0.1, 0.15) is 5.82 Å². The number of nitrogens with two attached hydrogens (primary N) is 2. The lowest BCUT2D eigenvalue weighted by atomic mass is 10.1. The van der Waals surface area contributed by atoms with Crippen LogP contribution in [0.25, 0.3) is 11.3 Å². The lowest BCUT2D eigenvalue weighted by Crippen LogP contribution is -1.98. The number of benzene rings is 1. The minimum atomic E-state index is 0.381. The van der Waals surface area contributed by atoms with Crippen LogP contribution >= 0.6 is 0 Å². The number of nitrogen functional groups attached to an aromatic ring is 2. The molecule has 3 nitrogen and oxygen atoms in total. The molecule has 2 aromatic rings. The molecule has 0 atom stereocenters. The normalized spacial score (nSPS) is 10.0. The highest BCUT2D eigenvalue weighted by molar-refractivity contribution is 5.67. The number of anilines is 2. The van der Waals surface area contributed by atoms with Crippen molar-refractivity contribution in [1.29, 1.82) is 0 Å². The van der Waals surface area contributed by atoms with Gasteiger partial charge < -0.3 is 11.5 Å². The fraction of sp³-hybridized carbons (Fsp3) is 0. The van der Waals surface area contributed by atoms with Gasteiger partial charge in [0.2, 0.25) is 0 Å². The van der Waals surface area contributed by atoms with Crippen LogP contribution in [0.2, 0.25) is 0 Å². The Kier molecular flexibility index (Phi) is 2.07. The molecular formula is C11H11N3. The molecule has 0 fully saturated rings. The van der Waals surface area contributed by atoms with Gasteiger partial charge in [0.25, 0.3) is 0 Å². The molecule has 0 radical (unpaired) electrons. The molecule has 70 valence electrons. The van der Waals surface area contributed by atoms with E-state index in [-0.39, 0.29) is 0 Å². The Bertz CT molecular complexity index is 438. The van der Waals surface area contributed by atoms with E-state index >= 15 is 0 Å². The first-order chi connectivity index (χ1) is 6.77. The SMILES string of the molecule is Nc1ccc(-c2ccccc2)nc1N. The zero-order valence-corrected chi connectivity index (χ0v) is 7.64. The second-order valence-corrected chi connectivity index (χ2v) is 3.04. The van der Waals surface area contributed by atoms with Crippen molar-refractivity contribution in [3.05, 3.63) is 42.5 Å². The zero-order valence-electron chi connectivity index (χ0n) is 7.64.